The molecule has 1 saturated heterocycles. The number of carbonyl (C=O) groups is 1. The summed E-state index contributed by atoms with van der Waals surface area (Å²) in [7, 11) is 0. The predicted molar refractivity (Wildman–Crippen MR) is 64.8 cm³/mol. The minimum atomic E-state index is -1.93. The molecule has 1 aliphatic carbocycles. The molecule has 1 atom stereocenters. The second-order valence-corrected chi connectivity index (χ2v) is 4.53. The van der Waals surface area contributed by atoms with Gasteiger partial charge in [-0.05, 0) is 0 Å². The average molecular weight is 295 g/mol. The number of hydrogen-bond acceptors (Lipinski definition) is 6. The Morgan fingerprint density at radius 1 is 1.50 bits per heavy atom. The number of halogens is 2. The fraction of sp³-hybridized carbons (Fsp3) is 0.500. The zero-order valence-corrected chi connectivity index (χ0v) is 10.8. The largest absolute Gasteiger partial charge is 0.395 e. The van der Waals surface area contributed by atoms with Crippen LogP contribution in [0, 0.1) is 0 Å². The molecule has 2 rings (SSSR count). The fourth-order valence-electron chi connectivity index (χ4n) is 1.80. The predicted octanol–water partition coefficient (Wildman–Crippen LogP) is -0.640. The number of rotatable bonds is 3. The Kier molecular flexibility index (Phi) is 3.84. The molecule has 18 heavy (non-hydrogen) atoms. The van der Waals surface area contributed by atoms with Gasteiger partial charge >= 0.3 is 0 Å². The van der Waals surface area contributed by atoms with Crippen molar-refractivity contribution in [2.45, 2.75) is 5.79 Å². The lowest BCUT2D eigenvalue weighted by Gasteiger charge is -2.38. The first-order chi connectivity index (χ1) is 8.52. The van der Waals surface area contributed by atoms with Gasteiger partial charge in [0.1, 0.15) is 15.8 Å². The van der Waals surface area contributed by atoms with Crippen LogP contribution in [0.25, 0.3) is 0 Å². The van der Waals surface area contributed by atoms with Crippen molar-refractivity contribution in [3.63, 3.8) is 0 Å². The van der Waals surface area contributed by atoms with Gasteiger partial charge in [-0.3, -0.25) is 4.79 Å². The third-order valence-electron chi connectivity index (χ3n) is 2.63. The first-order valence-electron chi connectivity index (χ1n) is 5.32. The molecule has 0 aromatic heterocycles. The van der Waals surface area contributed by atoms with E-state index in [9.17, 15) is 9.90 Å². The average Bonchev–Trinajstić information content (AvgIpc) is 2.37. The molecule has 0 bridgehead atoms. The minimum absolute atomic E-state index is 0.0555. The molecular weight excluding hydrogens is 283 g/mol. The molecule has 0 aromatic carbocycles. The van der Waals surface area contributed by atoms with Gasteiger partial charge in [-0.2, -0.15) is 0 Å². The highest BCUT2D eigenvalue weighted by atomic mass is 35.5. The van der Waals surface area contributed by atoms with Crippen LogP contribution in [0.5, 0.6) is 0 Å². The Morgan fingerprint density at radius 3 is 2.89 bits per heavy atom. The highest BCUT2D eigenvalue weighted by Gasteiger charge is 2.48. The summed E-state index contributed by atoms with van der Waals surface area (Å²) in [5, 5.41) is 24.1. The second-order valence-electron chi connectivity index (χ2n) is 3.78. The molecule has 0 saturated carbocycles. The molecule has 1 aliphatic heterocycles. The molecule has 1 heterocycles. The molecule has 1 unspecified atom stereocenters. The summed E-state index contributed by atoms with van der Waals surface area (Å²) in [4.78, 5) is 12.0. The maximum absolute atomic E-state index is 12.0. The summed E-state index contributed by atoms with van der Waals surface area (Å²) in [6.07, 6.45) is 0. The number of fused-ring (bicyclic) bond motifs is 1. The summed E-state index contributed by atoms with van der Waals surface area (Å²) < 4.78 is 5.22. The summed E-state index contributed by atoms with van der Waals surface area (Å²) in [6.45, 7) is 0.569. The Hall–Kier alpha value is -0.790. The first kappa shape index (κ1) is 13.6. The van der Waals surface area contributed by atoms with Gasteiger partial charge in [0.25, 0.3) is 0 Å². The maximum atomic E-state index is 12.0. The van der Waals surface area contributed by atoms with Gasteiger partial charge in [-0.1, -0.05) is 23.2 Å². The van der Waals surface area contributed by atoms with Gasteiger partial charge in [0.2, 0.25) is 11.6 Å². The maximum Gasteiger partial charge on any atom is 0.249 e. The fourth-order valence-corrected chi connectivity index (χ4v) is 2.39. The van der Waals surface area contributed by atoms with Crippen LogP contribution in [0.2, 0.25) is 0 Å². The van der Waals surface area contributed by atoms with Crippen molar-refractivity contribution in [3.05, 3.63) is 21.5 Å². The van der Waals surface area contributed by atoms with Gasteiger partial charge in [0.15, 0.2) is 0 Å². The van der Waals surface area contributed by atoms with Crippen LogP contribution in [0.3, 0.4) is 0 Å². The lowest BCUT2D eigenvalue weighted by Crippen LogP contribution is -2.52. The first-order valence-corrected chi connectivity index (χ1v) is 6.08. The van der Waals surface area contributed by atoms with Crippen LogP contribution in [0.15, 0.2) is 21.5 Å². The standard InChI is InChI=1S/C10H12Cl2N2O4/c11-5-7(16)6(13-1-3-15)8(12)10(17)9(5)14-2-4-18-10/h13-15,17H,1-4H2. The van der Waals surface area contributed by atoms with Crippen molar-refractivity contribution in [2.24, 2.45) is 0 Å². The number of aliphatic hydroxyl groups excluding tert-OH is 1. The lowest BCUT2D eigenvalue weighted by molar-refractivity contribution is -0.161. The van der Waals surface area contributed by atoms with Crippen LogP contribution in [0.1, 0.15) is 0 Å². The number of aliphatic hydroxyl groups is 2. The van der Waals surface area contributed by atoms with Crippen molar-refractivity contribution in [1.29, 1.82) is 0 Å². The van der Waals surface area contributed by atoms with Gasteiger partial charge in [-0.25, -0.2) is 0 Å². The zero-order valence-electron chi connectivity index (χ0n) is 9.30. The zero-order chi connectivity index (χ0) is 13.3. The Morgan fingerprint density at radius 2 is 2.22 bits per heavy atom. The van der Waals surface area contributed by atoms with E-state index in [0.717, 1.165) is 0 Å². The normalized spacial score (nSPS) is 28.1. The SMILES string of the molecule is O=C1C(Cl)=C2NCCOC2(O)C(Cl)=C1NCCO. The highest BCUT2D eigenvalue weighted by Crippen LogP contribution is 2.40. The van der Waals surface area contributed by atoms with Crippen molar-refractivity contribution in [1.82, 2.24) is 10.6 Å². The van der Waals surface area contributed by atoms with E-state index >= 15 is 0 Å². The quantitative estimate of drug-likeness (QED) is 0.554. The van der Waals surface area contributed by atoms with Gasteiger partial charge in [0.05, 0.1) is 18.9 Å². The molecule has 0 spiro atoms. The van der Waals surface area contributed by atoms with E-state index in [1.54, 1.807) is 0 Å². The van der Waals surface area contributed by atoms with E-state index < -0.39 is 11.6 Å². The van der Waals surface area contributed by atoms with Gasteiger partial charge in [-0.15, -0.1) is 0 Å². The third kappa shape index (κ3) is 2.00. The summed E-state index contributed by atoms with van der Waals surface area (Å²) in [5.74, 6) is -2.48. The Balaban J connectivity index is 2.43. The summed E-state index contributed by atoms with van der Waals surface area (Å²) in [6, 6.07) is 0. The molecule has 100 valence electrons. The monoisotopic (exact) mass is 294 g/mol. The van der Waals surface area contributed by atoms with Crippen molar-refractivity contribution in [3.8, 4) is 0 Å². The number of morpholine rings is 1. The number of allylic oxidation sites excluding steroid dienone is 1. The number of nitrogens with one attached hydrogen (secondary N) is 2. The molecule has 4 N–H and O–H groups in total. The molecule has 8 heteroatoms. The van der Waals surface area contributed by atoms with E-state index in [0.29, 0.717) is 6.54 Å². The Labute approximate surface area is 113 Å². The molecule has 0 radical (unpaired) electrons. The Bertz CT molecular complexity index is 449. The molecule has 2 aliphatic rings. The number of ether oxygens (including phenoxy) is 1. The van der Waals surface area contributed by atoms with Gasteiger partial charge in [0, 0.05) is 13.1 Å². The number of Topliss-reactive ketones (excluding diaryl/α,β-unsaturated/α-hetero) is 1. The van der Waals surface area contributed by atoms with E-state index in [1.165, 1.54) is 0 Å². The van der Waals surface area contributed by atoms with E-state index in [1.807, 2.05) is 0 Å². The topological polar surface area (TPSA) is 90.8 Å². The van der Waals surface area contributed by atoms with Crippen LogP contribution >= 0.6 is 23.2 Å². The van der Waals surface area contributed by atoms with E-state index in [2.05, 4.69) is 10.6 Å². The van der Waals surface area contributed by atoms with Gasteiger partial charge < -0.3 is 25.6 Å². The minimum Gasteiger partial charge on any atom is -0.395 e. The number of hydrogen-bond donors (Lipinski definition) is 4. The third-order valence-corrected chi connectivity index (χ3v) is 3.44. The van der Waals surface area contributed by atoms with E-state index in [-0.39, 0.29) is 41.2 Å². The summed E-state index contributed by atoms with van der Waals surface area (Å²) >= 11 is 11.9. The summed E-state index contributed by atoms with van der Waals surface area (Å²) in [5.41, 5.74) is -0.00867. The molecular formula is C10H12Cl2N2O4. The van der Waals surface area contributed by atoms with Crippen LogP contribution in [0.4, 0.5) is 0 Å². The van der Waals surface area contributed by atoms with Crippen LogP contribution in [-0.4, -0.2) is 48.1 Å². The van der Waals surface area contributed by atoms with E-state index in [4.69, 9.17) is 33.0 Å². The number of ketones is 1. The second kappa shape index (κ2) is 5.07. The van der Waals surface area contributed by atoms with Crippen molar-refractivity contribution < 1.29 is 19.7 Å². The van der Waals surface area contributed by atoms with Crippen molar-refractivity contribution >= 4 is 29.0 Å². The number of carbonyl (C=O) groups excluding carboxylic acids is 1. The molecule has 0 amide bonds. The molecule has 6 nitrogen and oxygen atoms in total. The lowest BCUT2D eigenvalue weighted by atomic mass is 9.99. The smallest absolute Gasteiger partial charge is 0.249 e. The van der Waals surface area contributed by atoms with Crippen LogP contribution < -0.4 is 10.6 Å². The van der Waals surface area contributed by atoms with Crippen molar-refractivity contribution in [2.75, 3.05) is 26.3 Å². The highest BCUT2D eigenvalue weighted by molar-refractivity contribution is 6.48. The molecule has 1 fully saturated rings. The van der Waals surface area contributed by atoms with Crippen LogP contribution in [-0.2, 0) is 9.53 Å². The molecule has 0 aromatic rings.